The summed E-state index contributed by atoms with van der Waals surface area (Å²) in [5, 5.41) is 12.1. The van der Waals surface area contributed by atoms with Gasteiger partial charge in [0.25, 0.3) is 11.5 Å². The van der Waals surface area contributed by atoms with Crippen molar-refractivity contribution in [3.05, 3.63) is 116 Å². The summed E-state index contributed by atoms with van der Waals surface area (Å²) in [4.78, 5) is 42.5. The lowest BCUT2D eigenvalue weighted by molar-refractivity contribution is 0.0787. The molecule has 0 saturated carbocycles. The first kappa shape index (κ1) is 25.3. The van der Waals surface area contributed by atoms with Crippen molar-refractivity contribution in [3.8, 4) is 16.8 Å². The number of carbonyl (C=O) groups excluding carboxylic acids is 1. The number of hydrogen-bond acceptors (Lipinski definition) is 4. The fourth-order valence-corrected chi connectivity index (χ4v) is 5.40. The number of aromatic amines is 1. The highest BCUT2D eigenvalue weighted by molar-refractivity contribution is 6.18. The quantitative estimate of drug-likeness (QED) is 0.306. The van der Waals surface area contributed by atoms with Gasteiger partial charge in [0.15, 0.2) is 0 Å². The van der Waals surface area contributed by atoms with Gasteiger partial charge in [0.05, 0.1) is 27.9 Å². The normalized spacial score (nSPS) is 12.0. The number of nitrogens with zero attached hydrogens (tertiary/aromatic N) is 2. The molecule has 0 fully saturated rings. The van der Waals surface area contributed by atoms with Crippen molar-refractivity contribution < 1.29 is 14.3 Å². The van der Waals surface area contributed by atoms with E-state index in [1.165, 1.54) is 12.3 Å². The molecule has 0 saturated heterocycles. The predicted molar refractivity (Wildman–Crippen MR) is 153 cm³/mol. The maximum Gasteiger partial charge on any atom is 0.340 e. The van der Waals surface area contributed by atoms with Crippen LogP contribution in [0.4, 0.5) is 4.39 Å². The second kappa shape index (κ2) is 8.75. The van der Waals surface area contributed by atoms with Gasteiger partial charge in [-0.25, -0.2) is 9.36 Å². The van der Waals surface area contributed by atoms with Gasteiger partial charge in [0, 0.05) is 22.5 Å². The van der Waals surface area contributed by atoms with Gasteiger partial charge in [0.2, 0.25) is 5.82 Å². The summed E-state index contributed by atoms with van der Waals surface area (Å²) in [5.41, 5.74) is 6.85. The molecule has 1 amide bonds. The predicted octanol–water partition coefficient (Wildman–Crippen LogP) is 4.53. The van der Waals surface area contributed by atoms with Gasteiger partial charge in [-0.3, -0.25) is 14.0 Å². The summed E-state index contributed by atoms with van der Waals surface area (Å²) in [7, 11) is 0. The van der Waals surface area contributed by atoms with E-state index in [9.17, 15) is 19.5 Å². The highest BCUT2D eigenvalue weighted by Gasteiger charge is 2.23. The van der Waals surface area contributed by atoms with Crippen LogP contribution in [0.1, 0.15) is 35.3 Å². The molecule has 3 aromatic carbocycles. The topological polar surface area (TPSA) is 123 Å². The Balaban J connectivity index is 1.62. The first-order valence-electron chi connectivity index (χ1n) is 12.6. The van der Waals surface area contributed by atoms with E-state index in [4.69, 9.17) is 5.73 Å². The van der Waals surface area contributed by atoms with Crippen molar-refractivity contribution in [1.29, 1.82) is 0 Å². The number of fused-ring (bicyclic) bond motifs is 4. The average molecular weight is 537 g/mol. The fourth-order valence-electron chi connectivity index (χ4n) is 5.40. The lowest BCUT2D eigenvalue weighted by atomic mass is 9.92. The molecule has 0 spiro atoms. The molecule has 0 aliphatic rings. The molecule has 0 unspecified atom stereocenters. The first-order valence-corrected chi connectivity index (χ1v) is 12.6. The highest BCUT2D eigenvalue weighted by Crippen LogP contribution is 2.37. The van der Waals surface area contributed by atoms with Gasteiger partial charge in [-0.2, -0.15) is 4.39 Å². The van der Waals surface area contributed by atoms with Gasteiger partial charge in [-0.1, -0.05) is 42.5 Å². The molecule has 0 radical (unpaired) electrons. The van der Waals surface area contributed by atoms with E-state index < -0.39 is 28.6 Å². The highest BCUT2D eigenvalue weighted by atomic mass is 19.1. The van der Waals surface area contributed by atoms with E-state index in [1.54, 1.807) is 57.2 Å². The second-order valence-electron chi connectivity index (χ2n) is 10.4. The van der Waals surface area contributed by atoms with Crippen molar-refractivity contribution in [3.63, 3.8) is 0 Å². The van der Waals surface area contributed by atoms with E-state index in [0.717, 1.165) is 25.3 Å². The van der Waals surface area contributed by atoms with E-state index in [0.29, 0.717) is 27.8 Å². The Morgan fingerprint density at radius 1 is 0.975 bits per heavy atom. The minimum Gasteiger partial charge on any atom is -0.386 e. The van der Waals surface area contributed by atoms with Crippen molar-refractivity contribution in [2.45, 2.75) is 26.4 Å². The number of H-pyrrole nitrogens is 1. The number of aliphatic hydroxyl groups is 1. The number of halogens is 1. The van der Waals surface area contributed by atoms with Crippen LogP contribution in [-0.2, 0) is 5.60 Å². The van der Waals surface area contributed by atoms with Crippen LogP contribution in [0.15, 0.2) is 82.5 Å². The standard InChI is InChI=1S/C31H25FN4O4/c1-16-18(7-6-9-23(16)36-29(38)26(32)24-8-4-5-14-35(24)30(36)39)20-12-13-21-19-11-10-17(31(2,3)40)15-22(19)34-27(21)25(20)28(33)37/h4-15,34,40H,1-3H3,(H2,33,37). The zero-order valence-electron chi connectivity index (χ0n) is 21.9. The molecule has 9 heteroatoms. The Morgan fingerprint density at radius 2 is 1.73 bits per heavy atom. The molecule has 4 N–H and O–H groups in total. The smallest absolute Gasteiger partial charge is 0.340 e. The molecular weight excluding hydrogens is 511 g/mol. The van der Waals surface area contributed by atoms with Crippen molar-refractivity contribution in [2.75, 3.05) is 0 Å². The van der Waals surface area contributed by atoms with E-state index in [2.05, 4.69) is 4.98 Å². The van der Waals surface area contributed by atoms with E-state index >= 15 is 4.39 Å². The van der Waals surface area contributed by atoms with Crippen LogP contribution >= 0.6 is 0 Å². The van der Waals surface area contributed by atoms with Crippen molar-refractivity contribution in [1.82, 2.24) is 14.0 Å². The third-order valence-corrected chi connectivity index (χ3v) is 7.44. The SMILES string of the molecule is Cc1c(-c2ccc3c([nH]c4cc(C(C)(C)O)ccc43)c2C(N)=O)cccc1-n1c(=O)c(F)c2ccccn2c1=O. The van der Waals surface area contributed by atoms with Gasteiger partial charge < -0.3 is 15.8 Å². The maximum atomic E-state index is 15.1. The molecule has 40 heavy (non-hydrogen) atoms. The lowest BCUT2D eigenvalue weighted by Gasteiger charge is -2.17. The Labute approximate surface area is 226 Å². The summed E-state index contributed by atoms with van der Waals surface area (Å²) < 4.78 is 16.9. The molecule has 0 aliphatic heterocycles. The van der Waals surface area contributed by atoms with E-state index in [1.807, 2.05) is 24.3 Å². The minimum absolute atomic E-state index is 0.115. The fraction of sp³-hybridized carbons (Fsp3) is 0.129. The number of benzene rings is 3. The van der Waals surface area contributed by atoms with Gasteiger partial charge in [-0.05, 0) is 67.3 Å². The monoisotopic (exact) mass is 536 g/mol. The Hall–Kier alpha value is -5.02. The lowest BCUT2D eigenvalue weighted by Crippen LogP contribution is -2.38. The summed E-state index contributed by atoms with van der Waals surface area (Å²) in [6.07, 6.45) is 1.40. The molecule has 6 aromatic rings. The molecule has 0 aliphatic carbocycles. The Kier molecular flexibility index (Phi) is 5.53. The molecule has 3 aromatic heterocycles. The molecule has 0 bridgehead atoms. The van der Waals surface area contributed by atoms with Gasteiger partial charge in [0.1, 0.15) is 0 Å². The van der Waals surface area contributed by atoms with Gasteiger partial charge in [-0.15, -0.1) is 0 Å². The molecule has 8 nitrogen and oxygen atoms in total. The van der Waals surface area contributed by atoms with E-state index in [-0.39, 0.29) is 16.8 Å². The minimum atomic E-state index is -1.07. The first-order chi connectivity index (χ1) is 19.0. The van der Waals surface area contributed by atoms with Crippen LogP contribution in [0.2, 0.25) is 0 Å². The number of rotatable bonds is 4. The number of nitrogens with one attached hydrogen (secondary N) is 1. The molecule has 3 heterocycles. The summed E-state index contributed by atoms with van der Waals surface area (Å²) >= 11 is 0. The number of amides is 1. The van der Waals surface area contributed by atoms with Crippen LogP contribution in [0.5, 0.6) is 0 Å². The number of primary amides is 1. The summed E-state index contributed by atoms with van der Waals surface area (Å²) in [6, 6.07) is 18.6. The second-order valence-corrected chi connectivity index (χ2v) is 10.4. The zero-order chi connectivity index (χ0) is 28.5. The van der Waals surface area contributed by atoms with Crippen molar-refractivity contribution >= 4 is 33.2 Å². The number of hydrogen-bond donors (Lipinski definition) is 3. The number of aromatic nitrogens is 3. The number of pyridine rings is 1. The largest absolute Gasteiger partial charge is 0.386 e. The Morgan fingerprint density at radius 3 is 2.45 bits per heavy atom. The molecule has 6 rings (SSSR count). The van der Waals surface area contributed by atoms with Gasteiger partial charge >= 0.3 is 5.69 Å². The average Bonchev–Trinajstić information content (AvgIpc) is 3.29. The van der Waals surface area contributed by atoms with Crippen LogP contribution in [0, 0.1) is 12.7 Å². The maximum absolute atomic E-state index is 15.1. The van der Waals surface area contributed by atoms with Crippen LogP contribution in [0.25, 0.3) is 44.1 Å². The third kappa shape index (κ3) is 3.66. The van der Waals surface area contributed by atoms with Crippen LogP contribution < -0.4 is 17.0 Å². The molecular formula is C31H25FN4O4. The Bertz CT molecular complexity index is 2150. The molecule has 200 valence electrons. The number of nitrogens with two attached hydrogens (primary N) is 1. The summed E-state index contributed by atoms with van der Waals surface area (Å²) in [6.45, 7) is 5.08. The van der Waals surface area contributed by atoms with Crippen molar-refractivity contribution in [2.24, 2.45) is 5.73 Å². The molecule has 0 atom stereocenters. The number of carbonyl (C=O) groups is 1. The summed E-state index contributed by atoms with van der Waals surface area (Å²) in [5.74, 6) is -1.72. The van der Waals surface area contributed by atoms with Crippen LogP contribution in [-0.4, -0.2) is 25.0 Å². The zero-order valence-corrected chi connectivity index (χ0v) is 21.9. The van der Waals surface area contributed by atoms with Crippen LogP contribution in [0.3, 0.4) is 0 Å². The third-order valence-electron chi connectivity index (χ3n) is 7.44.